The van der Waals surface area contributed by atoms with Gasteiger partial charge < -0.3 is 14.9 Å². The molecule has 1 aliphatic heterocycles. The average molecular weight is 355 g/mol. The van der Waals surface area contributed by atoms with E-state index in [1.165, 1.54) is 31.2 Å². The monoisotopic (exact) mass is 355 g/mol. The molecule has 3 N–H and O–H groups in total. The van der Waals surface area contributed by atoms with Crippen molar-refractivity contribution in [1.29, 1.82) is 0 Å². The van der Waals surface area contributed by atoms with Crippen LogP contribution in [-0.4, -0.2) is 49.7 Å². The lowest BCUT2D eigenvalue weighted by molar-refractivity contribution is -0.149. The van der Waals surface area contributed by atoms with Crippen LogP contribution in [0.5, 0.6) is 0 Å². The zero-order chi connectivity index (χ0) is 17.3. The average Bonchev–Trinajstić information content (AvgIpc) is 3.06. The normalized spacial score (nSPS) is 32.1. The first-order valence-electron chi connectivity index (χ1n) is 8.40. The minimum atomic E-state index is -3.48. The maximum Gasteiger partial charge on any atom is 0.209 e. The molecule has 0 bridgehead atoms. The highest BCUT2D eigenvalue weighted by molar-refractivity contribution is 7.88. The third-order valence-corrected chi connectivity index (χ3v) is 5.72. The third kappa shape index (κ3) is 3.97. The molecule has 7 heteroatoms. The predicted octanol–water partition coefficient (Wildman–Crippen LogP) is 1.06. The van der Waals surface area contributed by atoms with E-state index in [-0.39, 0.29) is 6.61 Å². The Morgan fingerprint density at radius 3 is 2.21 bits per heavy atom. The van der Waals surface area contributed by atoms with Gasteiger partial charge in [0.25, 0.3) is 0 Å². The smallest absolute Gasteiger partial charge is 0.209 e. The van der Waals surface area contributed by atoms with E-state index in [0.717, 1.165) is 11.8 Å². The van der Waals surface area contributed by atoms with Crippen molar-refractivity contribution >= 4 is 10.0 Å². The van der Waals surface area contributed by atoms with Gasteiger partial charge in [0, 0.05) is 0 Å². The topological polar surface area (TPSA) is 95.9 Å². The van der Waals surface area contributed by atoms with Crippen LogP contribution < -0.4 is 4.72 Å². The van der Waals surface area contributed by atoms with E-state index in [1.54, 1.807) is 0 Å². The molecular formula is C17H25NO5S. The molecule has 134 valence electrons. The molecule has 3 rings (SSSR count). The van der Waals surface area contributed by atoms with Crippen molar-refractivity contribution in [2.75, 3.05) is 12.9 Å². The first-order chi connectivity index (χ1) is 11.3. The summed E-state index contributed by atoms with van der Waals surface area (Å²) in [6, 6.07) is 7.14. The Kier molecular flexibility index (Phi) is 5.27. The number of nitrogens with one attached hydrogen (secondary N) is 1. The molecule has 24 heavy (non-hydrogen) atoms. The maximum atomic E-state index is 11.3. The summed E-state index contributed by atoms with van der Waals surface area (Å²) in [6.45, 7) is 0.0142. The summed E-state index contributed by atoms with van der Waals surface area (Å²) in [5.74, 6) is 0.616. The summed E-state index contributed by atoms with van der Waals surface area (Å²) >= 11 is 0. The summed E-state index contributed by atoms with van der Waals surface area (Å²) in [7, 11) is -3.48. The van der Waals surface area contributed by atoms with E-state index >= 15 is 0 Å². The lowest BCUT2D eigenvalue weighted by atomic mass is 9.91. The van der Waals surface area contributed by atoms with Crippen molar-refractivity contribution in [3.8, 4) is 0 Å². The predicted molar refractivity (Wildman–Crippen MR) is 90.1 cm³/mol. The fourth-order valence-electron chi connectivity index (χ4n) is 3.71. The summed E-state index contributed by atoms with van der Waals surface area (Å²) in [4.78, 5) is 0. The maximum absolute atomic E-state index is 11.3. The summed E-state index contributed by atoms with van der Waals surface area (Å²) in [5, 5.41) is 20.5. The van der Waals surface area contributed by atoms with Crippen LogP contribution in [0.15, 0.2) is 24.3 Å². The molecular weight excluding hydrogens is 330 g/mol. The van der Waals surface area contributed by atoms with Crippen LogP contribution in [-0.2, 0) is 14.8 Å². The Labute approximate surface area is 142 Å². The van der Waals surface area contributed by atoms with Gasteiger partial charge in [-0.25, -0.2) is 13.1 Å². The van der Waals surface area contributed by atoms with E-state index in [2.05, 4.69) is 16.9 Å². The number of hydrogen-bond acceptors (Lipinski definition) is 5. The molecule has 1 aromatic rings. The van der Waals surface area contributed by atoms with E-state index < -0.39 is 34.4 Å². The summed E-state index contributed by atoms with van der Waals surface area (Å²) < 4.78 is 30.5. The van der Waals surface area contributed by atoms with Crippen molar-refractivity contribution in [1.82, 2.24) is 4.72 Å². The highest BCUT2D eigenvalue weighted by atomic mass is 32.2. The quantitative estimate of drug-likeness (QED) is 0.750. The van der Waals surface area contributed by atoms with Gasteiger partial charge in [-0.1, -0.05) is 37.1 Å². The second-order valence-electron chi connectivity index (χ2n) is 6.88. The first-order valence-corrected chi connectivity index (χ1v) is 10.3. The van der Waals surface area contributed by atoms with Crippen LogP contribution in [0.3, 0.4) is 0 Å². The van der Waals surface area contributed by atoms with E-state index in [9.17, 15) is 18.6 Å². The van der Waals surface area contributed by atoms with E-state index in [0.29, 0.717) is 5.92 Å². The molecule has 2 aliphatic rings. The van der Waals surface area contributed by atoms with Gasteiger partial charge in [-0.05, 0) is 29.9 Å². The fourth-order valence-corrected chi connectivity index (χ4v) is 4.47. The molecule has 4 atom stereocenters. The van der Waals surface area contributed by atoms with Gasteiger partial charge >= 0.3 is 0 Å². The highest BCUT2D eigenvalue weighted by Crippen LogP contribution is 2.35. The second-order valence-corrected chi connectivity index (χ2v) is 8.66. The first kappa shape index (κ1) is 17.8. The number of sulfonamides is 1. The van der Waals surface area contributed by atoms with Gasteiger partial charge in [0.2, 0.25) is 10.0 Å². The standard InChI is InChI=1S/C17H25NO5S/c1-24(21,22)18-14-10-23-17(16(20)15(14)19)13-8-6-12(7-9-13)11-4-2-3-5-11/h6-9,11,14-20H,2-5,10H2,1H3/t14-,15-,16-,17-/m1/s1. The van der Waals surface area contributed by atoms with E-state index in [1.807, 2.05) is 12.1 Å². The Hall–Kier alpha value is -0.990. The highest BCUT2D eigenvalue weighted by Gasteiger charge is 2.40. The number of ether oxygens (including phenoxy) is 1. The molecule has 0 spiro atoms. The van der Waals surface area contributed by atoms with Crippen LogP contribution in [0.1, 0.15) is 48.8 Å². The minimum Gasteiger partial charge on any atom is -0.389 e. The number of aliphatic hydroxyl groups is 2. The van der Waals surface area contributed by atoms with Crippen molar-refractivity contribution in [3.05, 3.63) is 35.4 Å². The van der Waals surface area contributed by atoms with Crippen LogP contribution in [0.25, 0.3) is 0 Å². The molecule has 1 aliphatic carbocycles. The second kappa shape index (κ2) is 7.09. The van der Waals surface area contributed by atoms with Crippen LogP contribution in [0.4, 0.5) is 0 Å². The van der Waals surface area contributed by atoms with Crippen molar-refractivity contribution in [2.24, 2.45) is 0 Å². The summed E-state index contributed by atoms with van der Waals surface area (Å²) in [5.41, 5.74) is 2.10. The minimum absolute atomic E-state index is 0.0142. The van der Waals surface area contributed by atoms with Gasteiger partial charge in [-0.3, -0.25) is 0 Å². The molecule has 2 fully saturated rings. The van der Waals surface area contributed by atoms with Crippen LogP contribution >= 0.6 is 0 Å². The van der Waals surface area contributed by atoms with Gasteiger partial charge in [-0.2, -0.15) is 0 Å². The molecule has 0 amide bonds. The Morgan fingerprint density at radius 1 is 1.04 bits per heavy atom. The zero-order valence-corrected chi connectivity index (χ0v) is 14.6. The number of hydrogen-bond donors (Lipinski definition) is 3. The number of aliphatic hydroxyl groups excluding tert-OH is 2. The lowest BCUT2D eigenvalue weighted by Crippen LogP contribution is -2.56. The Balaban J connectivity index is 1.69. The van der Waals surface area contributed by atoms with Crippen LogP contribution in [0.2, 0.25) is 0 Å². The molecule has 1 saturated heterocycles. The fraction of sp³-hybridized carbons (Fsp3) is 0.647. The van der Waals surface area contributed by atoms with E-state index in [4.69, 9.17) is 4.74 Å². The molecule has 0 aromatic heterocycles. The zero-order valence-electron chi connectivity index (χ0n) is 13.8. The molecule has 0 radical (unpaired) electrons. The molecule has 0 unspecified atom stereocenters. The largest absolute Gasteiger partial charge is 0.389 e. The van der Waals surface area contributed by atoms with Crippen molar-refractivity contribution in [2.45, 2.75) is 56.0 Å². The van der Waals surface area contributed by atoms with Gasteiger partial charge in [-0.15, -0.1) is 0 Å². The number of benzene rings is 1. The molecule has 1 aromatic carbocycles. The van der Waals surface area contributed by atoms with Crippen molar-refractivity contribution < 1.29 is 23.4 Å². The number of rotatable bonds is 4. The van der Waals surface area contributed by atoms with Gasteiger partial charge in [0.05, 0.1) is 18.9 Å². The van der Waals surface area contributed by atoms with Gasteiger partial charge in [0.15, 0.2) is 0 Å². The lowest BCUT2D eigenvalue weighted by Gasteiger charge is -2.37. The molecule has 1 heterocycles. The van der Waals surface area contributed by atoms with Gasteiger partial charge in [0.1, 0.15) is 18.3 Å². The summed E-state index contributed by atoms with van der Waals surface area (Å²) in [6.07, 6.45) is 2.95. The Bertz CT molecular complexity index is 654. The third-order valence-electron chi connectivity index (χ3n) is 4.98. The molecule has 6 nitrogen and oxygen atoms in total. The van der Waals surface area contributed by atoms with Crippen molar-refractivity contribution in [3.63, 3.8) is 0 Å². The Morgan fingerprint density at radius 2 is 1.62 bits per heavy atom. The molecule has 1 saturated carbocycles. The SMILES string of the molecule is CS(=O)(=O)N[C@@H]1CO[C@H](c2ccc(C3CCCC3)cc2)[C@H](O)[C@@H]1O. The van der Waals surface area contributed by atoms with Crippen LogP contribution in [0, 0.1) is 0 Å².